The summed E-state index contributed by atoms with van der Waals surface area (Å²) in [5.74, 6) is -1.24. The van der Waals surface area contributed by atoms with Gasteiger partial charge in [-0.3, -0.25) is 4.79 Å². The fourth-order valence-corrected chi connectivity index (χ4v) is 3.56. The van der Waals surface area contributed by atoms with Crippen LogP contribution >= 0.6 is 0 Å². The van der Waals surface area contributed by atoms with E-state index in [0.29, 0.717) is 6.42 Å². The van der Waals surface area contributed by atoms with E-state index in [0.717, 1.165) is 25.3 Å². The third-order valence-electron chi connectivity index (χ3n) is 5.43. The molecule has 1 amide bonds. The molecule has 0 fully saturated rings. The van der Waals surface area contributed by atoms with Gasteiger partial charge >= 0.3 is 5.97 Å². The summed E-state index contributed by atoms with van der Waals surface area (Å²) in [4.78, 5) is 23.6. The number of hydrogen-bond donors (Lipinski definition) is 1. The number of carbonyl (C=O) groups is 2. The Hall–Kier alpha value is -1.32. The second-order valence-electron chi connectivity index (χ2n) is 7.46. The maximum absolute atomic E-state index is 12.0. The lowest BCUT2D eigenvalue weighted by atomic mass is 9.82. The van der Waals surface area contributed by atoms with Gasteiger partial charge in [0.15, 0.2) is 5.60 Å². The van der Waals surface area contributed by atoms with E-state index < -0.39 is 17.5 Å². The predicted octanol–water partition coefficient (Wildman–Crippen LogP) is 5.69. The normalized spacial score (nSPS) is 14.4. The zero-order valence-electron chi connectivity index (χ0n) is 17.4. The molecule has 0 heterocycles. The van der Waals surface area contributed by atoms with E-state index in [2.05, 4.69) is 13.5 Å². The summed E-state index contributed by atoms with van der Waals surface area (Å²) in [5.41, 5.74) is 4.35. The van der Waals surface area contributed by atoms with Gasteiger partial charge in [-0.2, -0.15) is 0 Å². The molecule has 0 aliphatic carbocycles. The minimum atomic E-state index is -1.22. The summed E-state index contributed by atoms with van der Waals surface area (Å²) in [7, 11) is 0. The van der Waals surface area contributed by atoms with Crippen molar-refractivity contribution < 1.29 is 14.3 Å². The molecule has 0 saturated heterocycles. The standard InChI is InChI=1S/C22H41NO3/c1-5-8-9-10-11-12-13-14-15-16-17-18-19(4)22(7-3,21(23)25)26-20(24)6-2/h6,19H,2,5,7-18H2,1,3-4H3,(H2,23,25). The number of unbranched alkanes of at least 4 members (excludes halogenated alkanes) is 10. The van der Waals surface area contributed by atoms with Gasteiger partial charge in [-0.15, -0.1) is 0 Å². The summed E-state index contributed by atoms with van der Waals surface area (Å²) >= 11 is 0. The van der Waals surface area contributed by atoms with Crippen molar-refractivity contribution in [3.8, 4) is 0 Å². The molecule has 0 bridgehead atoms. The zero-order chi connectivity index (χ0) is 19.8. The minimum Gasteiger partial charge on any atom is -0.446 e. The molecule has 2 atom stereocenters. The van der Waals surface area contributed by atoms with Crippen molar-refractivity contribution in [2.24, 2.45) is 11.7 Å². The maximum Gasteiger partial charge on any atom is 0.331 e. The number of carbonyl (C=O) groups excluding carboxylic acids is 2. The Kier molecular flexibility index (Phi) is 14.1. The Morgan fingerprint density at radius 3 is 1.81 bits per heavy atom. The molecule has 0 saturated carbocycles. The molecule has 4 nitrogen and oxygen atoms in total. The zero-order valence-corrected chi connectivity index (χ0v) is 17.4. The van der Waals surface area contributed by atoms with E-state index in [-0.39, 0.29) is 5.92 Å². The molecule has 2 N–H and O–H groups in total. The van der Waals surface area contributed by atoms with Crippen LogP contribution in [-0.2, 0) is 14.3 Å². The van der Waals surface area contributed by atoms with E-state index in [9.17, 15) is 9.59 Å². The molecule has 0 radical (unpaired) electrons. The Morgan fingerprint density at radius 1 is 0.962 bits per heavy atom. The average molecular weight is 368 g/mol. The summed E-state index contributed by atoms with van der Waals surface area (Å²) < 4.78 is 5.38. The SMILES string of the molecule is C=CC(=O)OC(CC)(C(N)=O)C(C)CCCCCCCCCCCCC. The Bertz CT molecular complexity index is 408. The van der Waals surface area contributed by atoms with Crippen LogP contribution < -0.4 is 5.73 Å². The van der Waals surface area contributed by atoms with Crippen LogP contribution in [0.3, 0.4) is 0 Å². The lowest BCUT2D eigenvalue weighted by molar-refractivity contribution is -0.169. The molecule has 0 aliphatic rings. The Morgan fingerprint density at radius 2 is 1.42 bits per heavy atom. The van der Waals surface area contributed by atoms with Gasteiger partial charge in [0.1, 0.15) is 0 Å². The molecule has 152 valence electrons. The largest absolute Gasteiger partial charge is 0.446 e. The summed E-state index contributed by atoms with van der Waals surface area (Å²) in [6.07, 6.45) is 16.4. The number of ether oxygens (including phenoxy) is 1. The molecule has 0 aliphatic heterocycles. The molecule has 0 rings (SSSR count). The van der Waals surface area contributed by atoms with E-state index in [1.807, 2.05) is 13.8 Å². The molecule has 0 aromatic carbocycles. The van der Waals surface area contributed by atoms with Gasteiger partial charge in [0.05, 0.1) is 0 Å². The number of primary amides is 1. The predicted molar refractivity (Wildman–Crippen MR) is 109 cm³/mol. The van der Waals surface area contributed by atoms with Crippen LogP contribution in [0.5, 0.6) is 0 Å². The van der Waals surface area contributed by atoms with Gasteiger partial charge in [0.25, 0.3) is 5.91 Å². The first kappa shape index (κ1) is 24.7. The molecule has 0 spiro atoms. The molecule has 4 heteroatoms. The van der Waals surface area contributed by atoms with Crippen LogP contribution in [0.2, 0.25) is 0 Å². The summed E-state index contributed by atoms with van der Waals surface area (Å²) in [6, 6.07) is 0. The van der Waals surface area contributed by atoms with Crippen LogP contribution in [0, 0.1) is 5.92 Å². The molecule has 0 aromatic heterocycles. The van der Waals surface area contributed by atoms with Crippen molar-refractivity contribution in [2.75, 3.05) is 0 Å². The van der Waals surface area contributed by atoms with E-state index in [1.165, 1.54) is 57.8 Å². The summed E-state index contributed by atoms with van der Waals surface area (Å²) in [5, 5.41) is 0. The van der Waals surface area contributed by atoms with Crippen LogP contribution in [0.4, 0.5) is 0 Å². The molecular weight excluding hydrogens is 326 g/mol. The van der Waals surface area contributed by atoms with Gasteiger partial charge in [-0.05, 0) is 12.8 Å². The molecule has 0 aromatic rings. The lowest BCUT2D eigenvalue weighted by Crippen LogP contribution is -2.52. The van der Waals surface area contributed by atoms with Crippen molar-refractivity contribution >= 4 is 11.9 Å². The van der Waals surface area contributed by atoms with Crippen LogP contribution in [-0.4, -0.2) is 17.5 Å². The van der Waals surface area contributed by atoms with Crippen molar-refractivity contribution in [2.45, 2.75) is 110 Å². The second-order valence-corrected chi connectivity index (χ2v) is 7.46. The Balaban J connectivity index is 4.03. The van der Waals surface area contributed by atoms with Crippen LogP contribution in [0.25, 0.3) is 0 Å². The van der Waals surface area contributed by atoms with E-state index in [1.54, 1.807) is 0 Å². The topological polar surface area (TPSA) is 69.4 Å². The Labute approximate surface area is 160 Å². The highest BCUT2D eigenvalue weighted by atomic mass is 16.6. The van der Waals surface area contributed by atoms with Gasteiger partial charge < -0.3 is 10.5 Å². The highest BCUT2D eigenvalue weighted by Crippen LogP contribution is 2.30. The number of nitrogens with two attached hydrogens (primary N) is 1. The quantitative estimate of drug-likeness (QED) is 0.204. The lowest BCUT2D eigenvalue weighted by Gasteiger charge is -2.34. The highest BCUT2D eigenvalue weighted by Gasteiger charge is 2.43. The van der Waals surface area contributed by atoms with Gasteiger partial charge in [-0.1, -0.05) is 98.0 Å². The number of rotatable bonds is 17. The molecule has 26 heavy (non-hydrogen) atoms. The van der Waals surface area contributed by atoms with Crippen molar-refractivity contribution in [3.63, 3.8) is 0 Å². The van der Waals surface area contributed by atoms with E-state index >= 15 is 0 Å². The third kappa shape index (κ3) is 9.40. The maximum atomic E-state index is 12.0. The van der Waals surface area contributed by atoms with Crippen LogP contribution in [0.15, 0.2) is 12.7 Å². The van der Waals surface area contributed by atoms with Gasteiger partial charge in [-0.25, -0.2) is 4.79 Å². The van der Waals surface area contributed by atoms with Crippen molar-refractivity contribution in [1.82, 2.24) is 0 Å². The second kappa shape index (κ2) is 14.8. The van der Waals surface area contributed by atoms with Crippen LogP contribution in [0.1, 0.15) is 104 Å². The smallest absolute Gasteiger partial charge is 0.331 e. The van der Waals surface area contributed by atoms with Gasteiger partial charge in [0.2, 0.25) is 0 Å². The van der Waals surface area contributed by atoms with Crippen molar-refractivity contribution in [1.29, 1.82) is 0 Å². The number of hydrogen-bond acceptors (Lipinski definition) is 3. The van der Waals surface area contributed by atoms with Crippen molar-refractivity contribution in [3.05, 3.63) is 12.7 Å². The van der Waals surface area contributed by atoms with Gasteiger partial charge in [0, 0.05) is 12.0 Å². The summed E-state index contributed by atoms with van der Waals surface area (Å²) in [6.45, 7) is 9.43. The third-order valence-corrected chi connectivity index (χ3v) is 5.43. The monoisotopic (exact) mass is 367 g/mol. The fourth-order valence-electron chi connectivity index (χ4n) is 3.56. The number of esters is 1. The van der Waals surface area contributed by atoms with E-state index in [4.69, 9.17) is 10.5 Å². The molecular formula is C22H41NO3. The average Bonchev–Trinajstić information content (AvgIpc) is 2.63. The fraction of sp³-hybridized carbons (Fsp3) is 0.818. The number of amides is 1. The minimum absolute atomic E-state index is 0.0903. The molecule has 2 unspecified atom stereocenters. The highest BCUT2D eigenvalue weighted by molar-refractivity contribution is 5.89. The first-order valence-electron chi connectivity index (χ1n) is 10.6. The first-order valence-corrected chi connectivity index (χ1v) is 10.6. The first-order chi connectivity index (χ1) is 12.4.